The Labute approximate surface area is 227 Å². The molecule has 0 saturated carbocycles. The molecule has 0 bridgehead atoms. The van der Waals surface area contributed by atoms with Crippen LogP contribution in [0.25, 0.3) is 11.1 Å². The van der Waals surface area contributed by atoms with Gasteiger partial charge in [-0.25, -0.2) is 13.6 Å². The highest BCUT2D eigenvalue weighted by Gasteiger charge is 2.31. The number of likely N-dealkylation sites (N-methyl/N-ethyl adjacent to an activating group) is 2. The fourth-order valence-corrected chi connectivity index (χ4v) is 5.43. The molecule has 0 aromatic heterocycles. The summed E-state index contributed by atoms with van der Waals surface area (Å²) in [7, 11) is -2.00. The van der Waals surface area contributed by atoms with Gasteiger partial charge >= 0.3 is 6.61 Å². The van der Waals surface area contributed by atoms with Crippen molar-refractivity contribution in [1.82, 2.24) is 4.90 Å². The van der Waals surface area contributed by atoms with Crippen molar-refractivity contribution in [2.24, 2.45) is 5.14 Å². The largest absolute Gasteiger partial charge is 0.480 e. The van der Waals surface area contributed by atoms with Crippen molar-refractivity contribution in [1.29, 1.82) is 0 Å². The number of fused-ring (bicyclic) bond motifs is 3. The normalized spacial score (nSPS) is 14.3. The third kappa shape index (κ3) is 6.48. The lowest BCUT2D eigenvalue weighted by Gasteiger charge is -2.31. The lowest BCUT2D eigenvalue weighted by atomic mass is 9.88. The van der Waals surface area contributed by atoms with Crippen LogP contribution < -0.4 is 19.5 Å². The molecule has 1 aliphatic rings. The van der Waals surface area contributed by atoms with Crippen LogP contribution >= 0.6 is 0 Å². The van der Waals surface area contributed by atoms with Crippen LogP contribution in [0.3, 0.4) is 0 Å². The predicted octanol–water partition coefficient (Wildman–Crippen LogP) is 4.53. The Morgan fingerprint density at radius 3 is 2.46 bits per heavy atom. The van der Waals surface area contributed by atoms with E-state index in [1.807, 2.05) is 50.1 Å². The fraction of sp³-hybridized carbons (Fsp3) is 0.321. The zero-order chi connectivity index (χ0) is 28.3. The minimum atomic E-state index is -3.82. The lowest BCUT2D eigenvalue weighted by Crippen LogP contribution is -2.38. The summed E-state index contributed by atoms with van der Waals surface area (Å²) in [5.41, 5.74) is 3.44. The first kappa shape index (κ1) is 28.3. The maximum absolute atomic E-state index is 13.2. The fourth-order valence-electron chi connectivity index (χ4n) is 4.78. The minimum Gasteiger partial charge on any atom is -0.480 e. The van der Waals surface area contributed by atoms with Crippen molar-refractivity contribution >= 4 is 21.6 Å². The second-order valence-corrected chi connectivity index (χ2v) is 10.9. The highest BCUT2D eigenvalue weighted by Crippen LogP contribution is 2.49. The number of amides is 1. The van der Waals surface area contributed by atoms with Gasteiger partial charge in [-0.15, -0.1) is 0 Å². The molecule has 208 valence electrons. The number of hydrogen-bond acceptors (Lipinski definition) is 6. The number of primary sulfonamides is 1. The van der Waals surface area contributed by atoms with Crippen molar-refractivity contribution in [2.75, 3.05) is 31.6 Å². The third-order valence-electron chi connectivity index (χ3n) is 6.59. The second-order valence-electron chi connectivity index (χ2n) is 9.25. The zero-order valence-corrected chi connectivity index (χ0v) is 22.8. The van der Waals surface area contributed by atoms with E-state index in [1.165, 1.54) is 6.07 Å². The number of carbonyl (C=O) groups is 1. The summed E-state index contributed by atoms with van der Waals surface area (Å²) in [6.45, 7) is 2.24. The van der Waals surface area contributed by atoms with Crippen LogP contribution in [0.2, 0.25) is 0 Å². The summed E-state index contributed by atoms with van der Waals surface area (Å²) < 4.78 is 61.1. The molecule has 0 fully saturated rings. The highest BCUT2D eigenvalue weighted by molar-refractivity contribution is 7.88. The Balaban J connectivity index is 1.77. The number of rotatable bonds is 10. The Kier molecular flexibility index (Phi) is 8.41. The summed E-state index contributed by atoms with van der Waals surface area (Å²) in [6.07, 6.45) is -0.693. The number of benzene rings is 3. The monoisotopic (exact) mass is 559 g/mol. The molecular formula is C28H31F2N3O5S. The van der Waals surface area contributed by atoms with Gasteiger partial charge in [0.15, 0.2) is 0 Å². The predicted molar refractivity (Wildman–Crippen MR) is 145 cm³/mol. The summed E-state index contributed by atoms with van der Waals surface area (Å²) in [5.74, 6) is -0.101. The molecule has 0 radical (unpaired) electrons. The molecule has 1 atom stereocenters. The second kappa shape index (κ2) is 11.6. The molecule has 0 saturated heterocycles. The van der Waals surface area contributed by atoms with Crippen molar-refractivity contribution in [3.05, 3.63) is 77.4 Å². The van der Waals surface area contributed by atoms with Gasteiger partial charge in [-0.3, -0.25) is 4.79 Å². The molecule has 1 heterocycles. The van der Waals surface area contributed by atoms with Gasteiger partial charge in [0.1, 0.15) is 17.6 Å². The van der Waals surface area contributed by atoms with E-state index in [9.17, 15) is 22.0 Å². The summed E-state index contributed by atoms with van der Waals surface area (Å²) in [6, 6.07) is 17.0. The molecule has 4 rings (SSSR count). The SMILES string of the molecule is CCN(CC)C(=O)CN(C)c1cccc(C2Oc3cccc(OC(F)F)c3-c3ccc(CS(N)(=O)=O)cc32)c1. The van der Waals surface area contributed by atoms with E-state index in [0.717, 1.165) is 11.3 Å². The van der Waals surface area contributed by atoms with Crippen molar-refractivity contribution in [3.8, 4) is 22.6 Å². The Morgan fingerprint density at radius 2 is 1.79 bits per heavy atom. The standard InChI is InChI=1S/C28H31F2N3O5S/c1-4-33(5-2)25(34)16-32(3)20-9-6-8-19(15-20)27-22-14-18(17-39(31,35)36)12-13-21(22)26-23(37-27)10-7-11-24(26)38-28(29)30/h6-15,27-28H,4-5,16-17H2,1-3H3,(H2,31,35,36). The van der Waals surface area contributed by atoms with Crippen LogP contribution in [0.4, 0.5) is 14.5 Å². The number of alkyl halides is 2. The van der Waals surface area contributed by atoms with Crippen LogP contribution in [0.15, 0.2) is 60.7 Å². The van der Waals surface area contributed by atoms with Gasteiger partial charge in [0, 0.05) is 31.4 Å². The minimum absolute atomic E-state index is 0.000266. The summed E-state index contributed by atoms with van der Waals surface area (Å²) >= 11 is 0. The number of nitrogens with zero attached hydrogens (tertiary/aromatic N) is 2. The molecule has 8 nitrogen and oxygen atoms in total. The van der Waals surface area contributed by atoms with Crippen molar-refractivity contribution < 1.29 is 31.5 Å². The average molecular weight is 560 g/mol. The maximum Gasteiger partial charge on any atom is 0.387 e. The number of anilines is 1. The molecule has 2 N–H and O–H groups in total. The van der Waals surface area contributed by atoms with Gasteiger partial charge in [-0.05, 0) is 54.8 Å². The van der Waals surface area contributed by atoms with Gasteiger partial charge in [0.2, 0.25) is 15.9 Å². The maximum atomic E-state index is 13.2. The number of halogens is 2. The molecule has 39 heavy (non-hydrogen) atoms. The zero-order valence-electron chi connectivity index (χ0n) is 21.9. The molecule has 1 aliphatic heterocycles. The molecule has 0 aliphatic carbocycles. The molecule has 3 aromatic carbocycles. The van der Waals surface area contributed by atoms with E-state index < -0.39 is 28.5 Å². The highest BCUT2D eigenvalue weighted by atomic mass is 32.2. The quantitative estimate of drug-likeness (QED) is 0.392. The van der Waals surface area contributed by atoms with Gasteiger partial charge in [0.25, 0.3) is 0 Å². The molecule has 1 amide bonds. The van der Waals surface area contributed by atoms with Crippen LogP contribution in [0, 0.1) is 0 Å². The Hall–Kier alpha value is -3.70. The van der Waals surface area contributed by atoms with E-state index in [2.05, 4.69) is 0 Å². The molecule has 0 spiro atoms. The molecule has 1 unspecified atom stereocenters. The van der Waals surface area contributed by atoms with Gasteiger partial charge < -0.3 is 19.3 Å². The van der Waals surface area contributed by atoms with E-state index >= 15 is 0 Å². The third-order valence-corrected chi connectivity index (χ3v) is 7.32. The Bertz CT molecular complexity index is 1460. The smallest absolute Gasteiger partial charge is 0.387 e. The number of carbonyl (C=O) groups excluding carboxylic acids is 1. The Morgan fingerprint density at radius 1 is 1.08 bits per heavy atom. The van der Waals surface area contributed by atoms with Crippen LogP contribution in [-0.4, -0.2) is 52.5 Å². The van der Waals surface area contributed by atoms with Crippen LogP contribution in [0.5, 0.6) is 11.5 Å². The lowest BCUT2D eigenvalue weighted by molar-refractivity contribution is -0.129. The molecule has 3 aromatic rings. The average Bonchev–Trinajstić information content (AvgIpc) is 2.87. The van der Waals surface area contributed by atoms with E-state index in [4.69, 9.17) is 14.6 Å². The van der Waals surface area contributed by atoms with Crippen LogP contribution in [0.1, 0.15) is 36.6 Å². The van der Waals surface area contributed by atoms with E-state index in [-0.39, 0.29) is 18.2 Å². The molecular weight excluding hydrogens is 528 g/mol. The van der Waals surface area contributed by atoms with Gasteiger partial charge in [-0.2, -0.15) is 8.78 Å². The first-order valence-corrected chi connectivity index (χ1v) is 14.2. The first-order chi connectivity index (χ1) is 18.5. The summed E-state index contributed by atoms with van der Waals surface area (Å²) in [5, 5.41) is 5.28. The van der Waals surface area contributed by atoms with E-state index in [0.29, 0.717) is 41.1 Å². The van der Waals surface area contributed by atoms with Gasteiger partial charge in [0.05, 0.1) is 17.9 Å². The van der Waals surface area contributed by atoms with Crippen molar-refractivity contribution in [2.45, 2.75) is 32.3 Å². The van der Waals surface area contributed by atoms with Crippen LogP contribution in [-0.2, 0) is 20.6 Å². The number of ether oxygens (including phenoxy) is 2. The van der Waals surface area contributed by atoms with Crippen molar-refractivity contribution in [3.63, 3.8) is 0 Å². The number of hydrogen-bond donors (Lipinski definition) is 1. The topological polar surface area (TPSA) is 102 Å². The van der Waals surface area contributed by atoms with E-state index in [1.54, 1.807) is 35.2 Å². The van der Waals surface area contributed by atoms with Gasteiger partial charge in [-0.1, -0.05) is 36.4 Å². The first-order valence-electron chi connectivity index (χ1n) is 12.5. The summed E-state index contributed by atoms with van der Waals surface area (Å²) in [4.78, 5) is 16.3. The number of nitrogens with two attached hydrogens (primary N) is 1. The number of sulfonamides is 1. The molecule has 11 heteroatoms.